The van der Waals surface area contributed by atoms with Crippen LogP contribution in [0.3, 0.4) is 0 Å². The Morgan fingerprint density at radius 1 is 1.44 bits per heavy atom. The highest BCUT2D eigenvalue weighted by Gasteiger charge is 2.11. The van der Waals surface area contributed by atoms with Crippen LogP contribution in [0.25, 0.3) is 5.57 Å². The van der Waals surface area contributed by atoms with Crippen molar-refractivity contribution in [3.63, 3.8) is 0 Å². The highest BCUT2D eigenvalue weighted by atomic mass is 16.3. The van der Waals surface area contributed by atoms with E-state index in [0.29, 0.717) is 11.7 Å². The van der Waals surface area contributed by atoms with Crippen molar-refractivity contribution in [3.8, 4) is 5.75 Å². The van der Waals surface area contributed by atoms with Gasteiger partial charge in [-0.3, -0.25) is 0 Å². The lowest BCUT2D eigenvalue weighted by Gasteiger charge is -2.20. The van der Waals surface area contributed by atoms with Crippen LogP contribution >= 0.6 is 0 Å². The van der Waals surface area contributed by atoms with E-state index in [4.69, 9.17) is 0 Å². The van der Waals surface area contributed by atoms with E-state index in [1.165, 1.54) is 5.57 Å². The lowest BCUT2D eigenvalue weighted by Crippen LogP contribution is -2.20. The molecule has 1 N–H and O–H groups in total. The van der Waals surface area contributed by atoms with Gasteiger partial charge in [0, 0.05) is 6.54 Å². The molecule has 0 saturated heterocycles. The van der Waals surface area contributed by atoms with Crippen LogP contribution in [-0.4, -0.2) is 30.6 Å². The lowest BCUT2D eigenvalue weighted by molar-refractivity contribution is 0.376. The number of hydrogen-bond acceptors (Lipinski definition) is 2. The molecule has 0 aromatic heterocycles. The maximum atomic E-state index is 9.48. The fraction of sp³-hybridized carbons (Fsp3) is 0.429. The Bertz CT molecular complexity index is 369. The van der Waals surface area contributed by atoms with Crippen LogP contribution in [0.1, 0.15) is 19.4 Å². The van der Waals surface area contributed by atoms with Gasteiger partial charge in [0.25, 0.3) is 0 Å². The molecule has 0 aliphatic heterocycles. The number of phenols is 1. The molecule has 16 heavy (non-hydrogen) atoms. The Hall–Kier alpha value is -1.28. The molecule has 2 nitrogen and oxygen atoms in total. The number of hydrogen-bond donors (Lipinski definition) is 1. The van der Waals surface area contributed by atoms with Crippen molar-refractivity contribution in [2.75, 3.05) is 20.6 Å². The Morgan fingerprint density at radius 2 is 2.12 bits per heavy atom. The lowest BCUT2D eigenvalue weighted by atomic mass is 9.93. The Morgan fingerprint density at radius 3 is 2.62 bits per heavy atom. The SMILES string of the molecule is CC=C(c1cccc(O)c1)C(C)CN(C)C. The first-order valence-electron chi connectivity index (χ1n) is 5.65. The summed E-state index contributed by atoms with van der Waals surface area (Å²) in [6.07, 6.45) is 2.13. The fourth-order valence-corrected chi connectivity index (χ4v) is 2.07. The summed E-state index contributed by atoms with van der Waals surface area (Å²) < 4.78 is 0. The predicted octanol–water partition coefficient (Wildman–Crippen LogP) is 2.99. The second-order valence-corrected chi connectivity index (χ2v) is 4.46. The molecule has 0 fully saturated rings. The normalized spacial score (nSPS) is 14.2. The fourth-order valence-electron chi connectivity index (χ4n) is 2.07. The van der Waals surface area contributed by atoms with Gasteiger partial charge < -0.3 is 10.0 Å². The summed E-state index contributed by atoms with van der Waals surface area (Å²) in [5.41, 5.74) is 2.39. The van der Waals surface area contributed by atoms with E-state index in [1.807, 2.05) is 25.1 Å². The standard InChI is InChI=1S/C14H21NO/c1-5-14(11(2)10-15(3)4)12-7-6-8-13(16)9-12/h5-9,11,16H,10H2,1-4H3. The second kappa shape index (κ2) is 5.71. The Labute approximate surface area is 98.2 Å². The predicted molar refractivity (Wildman–Crippen MR) is 69.5 cm³/mol. The van der Waals surface area contributed by atoms with E-state index in [0.717, 1.165) is 12.1 Å². The van der Waals surface area contributed by atoms with Crippen molar-refractivity contribution < 1.29 is 5.11 Å². The molecule has 2 heteroatoms. The van der Waals surface area contributed by atoms with Crippen LogP contribution in [-0.2, 0) is 0 Å². The average molecular weight is 219 g/mol. The molecule has 1 unspecified atom stereocenters. The van der Waals surface area contributed by atoms with Crippen LogP contribution in [0.15, 0.2) is 30.3 Å². The molecule has 1 rings (SSSR count). The highest BCUT2D eigenvalue weighted by molar-refractivity contribution is 5.68. The number of rotatable bonds is 4. The monoisotopic (exact) mass is 219 g/mol. The van der Waals surface area contributed by atoms with Crippen molar-refractivity contribution in [2.45, 2.75) is 13.8 Å². The van der Waals surface area contributed by atoms with Gasteiger partial charge in [-0.1, -0.05) is 25.1 Å². The topological polar surface area (TPSA) is 23.5 Å². The molecule has 1 aromatic carbocycles. The van der Waals surface area contributed by atoms with E-state index >= 15 is 0 Å². The average Bonchev–Trinajstić information content (AvgIpc) is 2.17. The smallest absolute Gasteiger partial charge is 0.116 e. The summed E-state index contributed by atoms with van der Waals surface area (Å²) in [6, 6.07) is 7.45. The summed E-state index contributed by atoms with van der Waals surface area (Å²) >= 11 is 0. The van der Waals surface area contributed by atoms with Gasteiger partial charge in [-0.05, 0) is 50.2 Å². The molecular weight excluding hydrogens is 198 g/mol. The van der Waals surface area contributed by atoms with Gasteiger partial charge in [0.15, 0.2) is 0 Å². The zero-order valence-corrected chi connectivity index (χ0v) is 10.6. The molecule has 0 amide bonds. The van der Waals surface area contributed by atoms with Crippen LogP contribution in [0.5, 0.6) is 5.75 Å². The third-order valence-corrected chi connectivity index (χ3v) is 2.66. The Kier molecular flexibility index (Phi) is 4.56. The minimum Gasteiger partial charge on any atom is -0.508 e. The zero-order chi connectivity index (χ0) is 12.1. The minimum atomic E-state index is 0.328. The number of phenolic OH excluding ortho intramolecular Hbond substituents is 1. The molecule has 0 bridgehead atoms. The quantitative estimate of drug-likeness (QED) is 0.841. The maximum absolute atomic E-state index is 9.48. The number of aromatic hydroxyl groups is 1. The molecule has 0 radical (unpaired) electrons. The molecule has 0 saturated carbocycles. The molecule has 0 aliphatic rings. The van der Waals surface area contributed by atoms with Crippen molar-refractivity contribution in [2.24, 2.45) is 5.92 Å². The molecule has 0 aliphatic carbocycles. The summed E-state index contributed by atoms with van der Waals surface area (Å²) in [5.74, 6) is 0.788. The van der Waals surface area contributed by atoms with Crippen molar-refractivity contribution in [1.29, 1.82) is 0 Å². The van der Waals surface area contributed by atoms with Crippen LogP contribution in [0.2, 0.25) is 0 Å². The van der Waals surface area contributed by atoms with Crippen molar-refractivity contribution >= 4 is 5.57 Å². The molecule has 88 valence electrons. The van der Waals surface area contributed by atoms with Crippen molar-refractivity contribution in [3.05, 3.63) is 35.9 Å². The molecule has 0 heterocycles. The van der Waals surface area contributed by atoms with E-state index in [1.54, 1.807) is 6.07 Å². The number of nitrogens with zero attached hydrogens (tertiary/aromatic N) is 1. The molecule has 0 spiro atoms. The third-order valence-electron chi connectivity index (χ3n) is 2.66. The van der Waals surface area contributed by atoms with Gasteiger partial charge in [0.2, 0.25) is 0 Å². The summed E-state index contributed by atoms with van der Waals surface area (Å²) in [7, 11) is 4.15. The summed E-state index contributed by atoms with van der Waals surface area (Å²) in [4.78, 5) is 2.18. The van der Waals surface area contributed by atoms with E-state index in [9.17, 15) is 5.11 Å². The maximum Gasteiger partial charge on any atom is 0.116 e. The van der Waals surface area contributed by atoms with Crippen molar-refractivity contribution in [1.82, 2.24) is 4.90 Å². The number of allylic oxidation sites excluding steroid dienone is 1. The number of benzene rings is 1. The van der Waals surface area contributed by atoms with Gasteiger partial charge >= 0.3 is 0 Å². The van der Waals surface area contributed by atoms with Gasteiger partial charge in [-0.25, -0.2) is 0 Å². The largest absolute Gasteiger partial charge is 0.508 e. The van der Waals surface area contributed by atoms with Gasteiger partial charge in [0.05, 0.1) is 0 Å². The third kappa shape index (κ3) is 3.38. The zero-order valence-electron chi connectivity index (χ0n) is 10.6. The first kappa shape index (κ1) is 12.8. The van der Waals surface area contributed by atoms with Crippen LogP contribution in [0, 0.1) is 5.92 Å². The van der Waals surface area contributed by atoms with E-state index < -0.39 is 0 Å². The summed E-state index contributed by atoms with van der Waals surface area (Å²) in [6.45, 7) is 5.26. The Balaban J connectivity index is 2.91. The first-order valence-corrected chi connectivity index (χ1v) is 5.65. The molecule has 1 atom stereocenters. The van der Waals surface area contributed by atoms with Gasteiger partial charge in [-0.15, -0.1) is 0 Å². The van der Waals surface area contributed by atoms with Crippen LogP contribution in [0.4, 0.5) is 0 Å². The molecular formula is C14H21NO. The highest BCUT2D eigenvalue weighted by Crippen LogP contribution is 2.26. The first-order chi connectivity index (χ1) is 7.54. The van der Waals surface area contributed by atoms with Gasteiger partial charge in [0.1, 0.15) is 5.75 Å². The summed E-state index contributed by atoms with van der Waals surface area (Å²) in [5, 5.41) is 9.48. The second-order valence-electron chi connectivity index (χ2n) is 4.46. The van der Waals surface area contributed by atoms with Crippen LogP contribution < -0.4 is 0 Å². The van der Waals surface area contributed by atoms with Gasteiger partial charge in [-0.2, -0.15) is 0 Å². The minimum absolute atomic E-state index is 0.328. The van der Waals surface area contributed by atoms with E-state index in [-0.39, 0.29) is 0 Å². The molecule has 1 aromatic rings. The van der Waals surface area contributed by atoms with E-state index in [2.05, 4.69) is 32.0 Å².